The Labute approximate surface area is 168 Å². The molecule has 1 saturated heterocycles. The van der Waals surface area contributed by atoms with Crippen LogP contribution < -0.4 is 4.90 Å². The summed E-state index contributed by atoms with van der Waals surface area (Å²) < 4.78 is 1.88. The lowest BCUT2D eigenvalue weighted by atomic mass is 10.2. The van der Waals surface area contributed by atoms with Crippen LogP contribution in [0.1, 0.15) is 50.1 Å². The third kappa shape index (κ3) is 5.07. The van der Waals surface area contributed by atoms with Gasteiger partial charge in [-0.2, -0.15) is 5.10 Å². The summed E-state index contributed by atoms with van der Waals surface area (Å²) in [5.41, 5.74) is 3.86. The Bertz CT molecular complexity index is 895. The maximum Gasteiger partial charge on any atom is 0.177 e. The molecule has 1 fully saturated rings. The van der Waals surface area contributed by atoms with Crippen molar-refractivity contribution in [2.24, 2.45) is 0 Å². The average Bonchev–Trinajstić information content (AvgIpc) is 3.10. The monoisotopic (exact) mass is 378 g/mol. The maximum absolute atomic E-state index is 4.75. The van der Waals surface area contributed by atoms with E-state index in [9.17, 15) is 0 Å². The number of anilines is 1. The number of rotatable bonds is 4. The van der Waals surface area contributed by atoms with E-state index in [1.165, 1.54) is 6.42 Å². The van der Waals surface area contributed by atoms with E-state index in [0.717, 1.165) is 60.3 Å². The van der Waals surface area contributed by atoms with Crippen molar-refractivity contribution in [2.75, 3.05) is 18.0 Å². The van der Waals surface area contributed by atoms with E-state index >= 15 is 0 Å². The van der Waals surface area contributed by atoms with E-state index in [1.807, 2.05) is 38.4 Å². The highest BCUT2D eigenvalue weighted by Crippen LogP contribution is 2.18. The first-order valence-corrected chi connectivity index (χ1v) is 9.88. The van der Waals surface area contributed by atoms with Gasteiger partial charge in [-0.25, -0.2) is 14.5 Å². The predicted molar refractivity (Wildman–Crippen MR) is 115 cm³/mol. The Morgan fingerprint density at radius 2 is 1.82 bits per heavy atom. The highest BCUT2D eigenvalue weighted by molar-refractivity contribution is 5.43. The molecular formula is C22H30N6. The Balaban J connectivity index is 0.000000514. The molecule has 3 aromatic rings. The van der Waals surface area contributed by atoms with Crippen molar-refractivity contribution >= 4 is 11.5 Å². The highest BCUT2D eigenvalue weighted by atomic mass is 15.3. The van der Waals surface area contributed by atoms with Gasteiger partial charge in [-0.1, -0.05) is 19.9 Å². The largest absolute Gasteiger partial charge is 0.356 e. The van der Waals surface area contributed by atoms with Gasteiger partial charge in [0.05, 0.1) is 11.4 Å². The molecule has 0 bridgehead atoms. The Morgan fingerprint density at radius 1 is 1.11 bits per heavy atom. The fourth-order valence-corrected chi connectivity index (χ4v) is 2.81. The first-order valence-electron chi connectivity index (χ1n) is 9.88. The molecule has 3 aromatic heterocycles. The topological polar surface area (TPSA) is 59.2 Å². The van der Waals surface area contributed by atoms with Crippen molar-refractivity contribution in [1.29, 1.82) is 0 Å². The summed E-state index contributed by atoms with van der Waals surface area (Å²) in [4.78, 5) is 16.0. The van der Waals surface area contributed by atoms with Gasteiger partial charge in [-0.3, -0.25) is 4.98 Å². The van der Waals surface area contributed by atoms with Crippen molar-refractivity contribution in [3.63, 3.8) is 0 Å². The molecule has 0 unspecified atom stereocenters. The summed E-state index contributed by atoms with van der Waals surface area (Å²) in [6.07, 6.45) is 9.34. The minimum absolute atomic E-state index is 0.789. The highest BCUT2D eigenvalue weighted by Gasteiger charge is 2.16. The van der Waals surface area contributed by atoms with E-state index < -0.39 is 0 Å². The quantitative estimate of drug-likeness (QED) is 0.646. The van der Waals surface area contributed by atoms with Crippen LogP contribution in [0.4, 0.5) is 5.82 Å². The van der Waals surface area contributed by atoms with Gasteiger partial charge in [0.25, 0.3) is 0 Å². The van der Waals surface area contributed by atoms with Gasteiger partial charge in [-0.05, 0) is 45.7 Å². The molecule has 0 radical (unpaired) electrons. The molecule has 148 valence electrons. The smallest absolute Gasteiger partial charge is 0.177 e. The summed E-state index contributed by atoms with van der Waals surface area (Å²) in [5, 5.41) is 4.60. The minimum atomic E-state index is 0.789. The van der Waals surface area contributed by atoms with Gasteiger partial charge < -0.3 is 4.90 Å². The number of fused-ring (bicyclic) bond motifs is 1. The number of aryl methyl sites for hydroxylation is 4. The van der Waals surface area contributed by atoms with Crippen LogP contribution in [0, 0.1) is 26.2 Å². The molecule has 1 aliphatic heterocycles. The molecule has 4 heterocycles. The van der Waals surface area contributed by atoms with E-state index in [4.69, 9.17) is 4.98 Å². The molecule has 0 amide bonds. The SMILES string of the molecule is C#CC.CC.Cc1ncc(C)n2nc(CCc3cccc(N4CCC4)n3)nc12. The molecule has 0 atom stereocenters. The van der Waals surface area contributed by atoms with E-state index in [-0.39, 0.29) is 0 Å². The fraction of sp³-hybridized carbons (Fsp3) is 0.455. The third-order valence-corrected chi connectivity index (χ3v) is 4.33. The molecule has 0 aromatic carbocycles. The molecule has 0 N–H and O–H groups in total. The Kier molecular flexibility index (Phi) is 7.94. The first kappa shape index (κ1) is 21.4. The molecule has 6 nitrogen and oxygen atoms in total. The molecular weight excluding hydrogens is 348 g/mol. The molecule has 0 saturated carbocycles. The third-order valence-electron chi connectivity index (χ3n) is 4.33. The zero-order chi connectivity index (χ0) is 20.5. The lowest BCUT2D eigenvalue weighted by molar-refractivity contribution is 0.608. The predicted octanol–water partition coefficient (Wildman–Crippen LogP) is 3.80. The van der Waals surface area contributed by atoms with Gasteiger partial charge in [0.1, 0.15) is 5.82 Å². The van der Waals surface area contributed by atoms with E-state index in [1.54, 1.807) is 6.92 Å². The Morgan fingerprint density at radius 3 is 2.43 bits per heavy atom. The van der Waals surface area contributed by atoms with Crippen molar-refractivity contribution < 1.29 is 0 Å². The first-order chi connectivity index (χ1) is 13.6. The van der Waals surface area contributed by atoms with Crippen LogP contribution in [-0.2, 0) is 12.8 Å². The van der Waals surface area contributed by atoms with Gasteiger partial charge >= 0.3 is 0 Å². The normalized spacial score (nSPS) is 12.2. The minimum Gasteiger partial charge on any atom is -0.356 e. The number of aromatic nitrogens is 5. The summed E-state index contributed by atoms with van der Waals surface area (Å²) in [5.74, 6) is 4.19. The van der Waals surface area contributed by atoms with Crippen molar-refractivity contribution in [2.45, 2.75) is 53.9 Å². The second kappa shape index (κ2) is 10.4. The summed E-state index contributed by atoms with van der Waals surface area (Å²) >= 11 is 0. The zero-order valence-electron chi connectivity index (χ0n) is 17.6. The molecule has 28 heavy (non-hydrogen) atoms. The standard InChI is InChI=1S/C17H20N6.C3H4.C2H6/c1-12-11-18-13(2)17-20-15(21-23(12)17)8-7-14-5-3-6-16(19-14)22-9-4-10-22;1-3-2;1-2/h3,5-6,11H,4,7-10H2,1-2H3;1H,2H3;1-2H3. The van der Waals surface area contributed by atoms with Gasteiger partial charge in [0.15, 0.2) is 11.5 Å². The molecule has 4 rings (SSSR count). The van der Waals surface area contributed by atoms with Crippen molar-refractivity contribution in [3.8, 4) is 12.3 Å². The lowest BCUT2D eigenvalue weighted by Crippen LogP contribution is -2.37. The number of pyridine rings is 1. The van der Waals surface area contributed by atoms with Crippen LogP contribution in [0.3, 0.4) is 0 Å². The van der Waals surface area contributed by atoms with Gasteiger partial charge in [0.2, 0.25) is 0 Å². The van der Waals surface area contributed by atoms with Gasteiger partial charge in [0, 0.05) is 31.4 Å². The Hall–Kier alpha value is -2.94. The molecule has 6 heteroatoms. The van der Waals surface area contributed by atoms with Crippen LogP contribution >= 0.6 is 0 Å². The second-order valence-electron chi connectivity index (χ2n) is 6.36. The van der Waals surface area contributed by atoms with Crippen molar-refractivity contribution in [3.05, 3.63) is 47.3 Å². The van der Waals surface area contributed by atoms with E-state index in [2.05, 4.69) is 50.5 Å². The van der Waals surface area contributed by atoms with Crippen LogP contribution in [0.25, 0.3) is 5.65 Å². The zero-order valence-corrected chi connectivity index (χ0v) is 17.6. The average molecular weight is 379 g/mol. The maximum atomic E-state index is 4.75. The van der Waals surface area contributed by atoms with Crippen LogP contribution in [0.5, 0.6) is 0 Å². The molecule has 1 aliphatic rings. The summed E-state index contributed by atoms with van der Waals surface area (Å²) in [7, 11) is 0. The number of hydrogen-bond acceptors (Lipinski definition) is 5. The summed E-state index contributed by atoms with van der Waals surface area (Å²) in [6.45, 7) is 11.9. The molecule has 0 aliphatic carbocycles. The molecule has 0 spiro atoms. The van der Waals surface area contributed by atoms with Crippen LogP contribution in [0.15, 0.2) is 24.4 Å². The van der Waals surface area contributed by atoms with Crippen LogP contribution in [-0.4, -0.2) is 37.7 Å². The van der Waals surface area contributed by atoms with Gasteiger partial charge in [-0.15, -0.1) is 12.3 Å². The number of nitrogens with zero attached hydrogens (tertiary/aromatic N) is 6. The van der Waals surface area contributed by atoms with Crippen molar-refractivity contribution in [1.82, 2.24) is 24.6 Å². The van der Waals surface area contributed by atoms with Crippen LogP contribution in [0.2, 0.25) is 0 Å². The second-order valence-corrected chi connectivity index (χ2v) is 6.36. The lowest BCUT2D eigenvalue weighted by Gasteiger charge is -2.32. The number of hydrogen-bond donors (Lipinski definition) is 0. The van der Waals surface area contributed by atoms with E-state index in [0.29, 0.717) is 0 Å². The number of terminal acetylenes is 1. The summed E-state index contributed by atoms with van der Waals surface area (Å²) in [6, 6.07) is 6.26. The fourth-order valence-electron chi connectivity index (χ4n) is 2.81.